The minimum absolute atomic E-state index is 0.801. The largest absolute Gasteiger partial charge is 0.313 e. The standard InChI is InChI=1S/C14H26N2/c1-2-7-13(6-1)16(14-8-9-14)11-12-5-3-4-10-15-12/h12-15H,1-11H2. The second-order valence-electron chi connectivity index (χ2n) is 6.01. The molecule has 1 heterocycles. The van der Waals surface area contributed by atoms with Crippen molar-refractivity contribution in [2.24, 2.45) is 0 Å². The van der Waals surface area contributed by atoms with E-state index in [9.17, 15) is 0 Å². The number of hydrogen-bond acceptors (Lipinski definition) is 2. The van der Waals surface area contributed by atoms with Gasteiger partial charge in [-0.2, -0.15) is 0 Å². The third-order valence-electron chi connectivity index (χ3n) is 4.65. The minimum Gasteiger partial charge on any atom is -0.313 e. The molecular weight excluding hydrogens is 196 g/mol. The van der Waals surface area contributed by atoms with Gasteiger partial charge in [-0.05, 0) is 45.1 Å². The first-order valence-corrected chi connectivity index (χ1v) is 7.42. The van der Waals surface area contributed by atoms with E-state index < -0.39 is 0 Å². The number of rotatable bonds is 4. The van der Waals surface area contributed by atoms with Crippen LogP contribution in [0, 0.1) is 0 Å². The molecule has 0 radical (unpaired) electrons. The molecule has 1 saturated heterocycles. The average Bonchev–Trinajstić information content (AvgIpc) is 3.02. The molecule has 0 bridgehead atoms. The number of nitrogens with zero attached hydrogens (tertiary/aromatic N) is 1. The van der Waals surface area contributed by atoms with Crippen LogP contribution in [0.3, 0.4) is 0 Å². The van der Waals surface area contributed by atoms with Crippen LogP contribution in [0.15, 0.2) is 0 Å². The molecule has 0 aromatic carbocycles. The molecule has 1 N–H and O–H groups in total. The molecular formula is C14H26N2. The molecule has 1 atom stereocenters. The maximum Gasteiger partial charge on any atom is 0.0195 e. The molecule has 0 aromatic rings. The van der Waals surface area contributed by atoms with Gasteiger partial charge in [-0.15, -0.1) is 0 Å². The molecule has 2 nitrogen and oxygen atoms in total. The normalized spacial score (nSPS) is 32.4. The highest BCUT2D eigenvalue weighted by Crippen LogP contribution is 2.34. The fourth-order valence-corrected chi connectivity index (χ4v) is 3.57. The van der Waals surface area contributed by atoms with Crippen molar-refractivity contribution in [1.29, 1.82) is 0 Å². The zero-order valence-electron chi connectivity index (χ0n) is 10.5. The number of piperidine rings is 1. The molecule has 3 aliphatic rings. The quantitative estimate of drug-likeness (QED) is 0.786. The molecule has 92 valence electrons. The lowest BCUT2D eigenvalue weighted by Crippen LogP contribution is -2.47. The van der Waals surface area contributed by atoms with Gasteiger partial charge in [0.2, 0.25) is 0 Å². The van der Waals surface area contributed by atoms with Gasteiger partial charge in [0.05, 0.1) is 0 Å². The molecule has 0 spiro atoms. The summed E-state index contributed by atoms with van der Waals surface area (Å²) in [6, 6.07) is 2.71. The third kappa shape index (κ3) is 2.60. The summed E-state index contributed by atoms with van der Waals surface area (Å²) in [5.74, 6) is 0. The fourth-order valence-electron chi connectivity index (χ4n) is 3.57. The van der Waals surface area contributed by atoms with E-state index in [1.165, 1.54) is 70.9 Å². The predicted octanol–water partition coefficient (Wildman–Crippen LogP) is 2.54. The highest BCUT2D eigenvalue weighted by atomic mass is 15.2. The molecule has 16 heavy (non-hydrogen) atoms. The summed E-state index contributed by atoms with van der Waals surface area (Å²) >= 11 is 0. The molecule has 1 aliphatic heterocycles. The van der Waals surface area contributed by atoms with Gasteiger partial charge in [-0.25, -0.2) is 0 Å². The van der Waals surface area contributed by atoms with Crippen LogP contribution in [0.1, 0.15) is 57.8 Å². The Bertz CT molecular complexity index is 213. The van der Waals surface area contributed by atoms with Crippen LogP contribution >= 0.6 is 0 Å². The van der Waals surface area contributed by atoms with Gasteiger partial charge >= 0.3 is 0 Å². The van der Waals surface area contributed by atoms with Crippen molar-refractivity contribution >= 4 is 0 Å². The minimum atomic E-state index is 0.801. The van der Waals surface area contributed by atoms with Gasteiger partial charge < -0.3 is 5.32 Å². The lowest BCUT2D eigenvalue weighted by Gasteiger charge is -2.34. The van der Waals surface area contributed by atoms with E-state index in [4.69, 9.17) is 0 Å². The smallest absolute Gasteiger partial charge is 0.0195 e. The maximum atomic E-state index is 3.71. The first kappa shape index (κ1) is 11.0. The molecule has 2 saturated carbocycles. The summed E-state index contributed by atoms with van der Waals surface area (Å²) in [5, 5.41) is 3.71. The molecule has 2 heteroatoms. The van der Waals surface area contributed by atoms with Crippen molar-refractivity contribution in [2.45, 2.75) is 75.9 Å². The Morgan fingerprint density at radius 1 is 0.812 bits per heavy atom. The Labute approximate surface area is 99.8 Å². The van der Waals surface area contributed by atoms with Crippen molar-refractivity contribution in [2.75, 3.05) is 13.1 Å². The van der Waals surface area contributed by atoms with E-state index in [0.717, 1.165) is 18.1 Å². The van der Waals surface area contributed by atoms with Crippen LogP contribution < -0.4 is 5.32 Å². The lowest BCUT2D eigenvalue weighted by atomic mass is 10.0. The van der Waals surface area contributed by atoms with Gasteiger partial charge in [0, 0.05) is 24.7 Å². The lowest BCUT2D eigenvalue weighted by molar-refractivity contribution is 0.158. The summed E-state index contributed by atoms with van der Waals surface area (Å²) in [7, 11) is 0. The highest BCUT2D eigenvalue weighted by molar-refractivity contribution is 4.93. The summed E-state index contributed by atoms with van der Waals surface area (Å²) in [4.78, 5) is 2.87. The second-order valence-corrected chi connectivity index (χ2v) is 6.01. The molecule has 0 aromatic heterocycles. The Morgan fingerprint density at radius 3 is 2.12 bits per heavy atom. The summed E-state index contributed by atoms with van der Waals surface area (Å²) in [6.07, 6.45) is 13.1. The van der Waals surface area contributed by atoms with Gasteiger partial charge in [-0.3, -0.25) is 4.90 Å². The van der Waals surface area contributed by atoms with E-state index in [2.05, 4.69) is 10.2 Å². The number of nitrogens with one attached hydrogen (secondary N) is 1. The average molecular weight is 222 g/mol. The van der Waals surface area contributed by atoms with E-state index >= 15 is 0 Å². The monoisotopic (exact) mass is 222 g/mol. The van der Waals surface area contributed by atoms with Gasteiger partial charge in [0.25, 0.3) is 0 Å². The molecule has 3 rings (SSSR count). The van der Waals surface area contributed by atoms with Crippen molar-refractivity contribution in [1.82, 2.24) is 10.2 Å². The third-order valence-corrected chi connectivity index (χ3v) is 4.65. The molecule has 2 aliphatic carbocycles. The van der Waals surface area contributed by atoms with Crippen molar-refractivity contribution in [3.63, 3.8) is 0 Å². The zero-order valence-corrected chi connectivity index (χ0v) is 10.5. The van der Waals surface area contributed by atoms with Gasteiger partial charge in [0.15, 0.2) is 0 Å². The van der Waals surface area contributed by atoms with E-state index in [0.29, 0.717) is 0 Å². The Balaban J connectivity index is 1.55. The van der Waals surface area contributed by atoms with Gasteiger partial charge in [0.1, 0.15) is 0 Å². The van der Waals surface area contributed by atoms with Crippen LogP contribution in [-0.2, 0) is 0 Å². The highest BCUT2D eigenvalue weighted by Gasteiger charge is 2.36. The van der Waals surface area contributed by atoms with Crippen LogP contribution in [0.25, 0.3) is 0 Å². The first-order valence-electron chi connectivity index (χ1n) is 7.42. The maximum absolute atomic E-state index is 3.71. The summed E-state index contributed by atoms with van der Waals surface area (Å²) in [5.41, 5.74) is 0. The van der Waals surface area contributed by atoms with Crippen molar-refractivity contribution in [3.05, 3.63) is 0 Å². The Morgan fingerprint density at radius 2 is 1.50 bits per heavy atom. The summed E-state index contributed by atoms with van der Waals surface area (Å²) < 4.78 is 0. The van der Waals surface area contributed by atoms with E-state index in [-0.39, 0.29) is 0 Å². The van der Waals surface area contributed by atoms with Crippen LogP contribution in [0.5, 0.6) is 0 Å². The number of hydrogen-bond donors (Lipinski definition) is 1. The Hall–Kier alpha value is -0.0800. The van der Waals surface area contributed by atoms with Crippen LogP contribution in [0.4, 0.5) is 0 Å². The second kappa shape index (κ2) is 5.05. The van der Waals surface area contributed by atoms with Crippen molar-refractivity contribution < 1.29 is 0 Å². The van der Waals surface area contributed by atoms with Crippen LogP contribution in [0.2, 0.25) is 0 Å². The zero-order chi connectivity index (χ0) is 10.8. The van der Waals surface area contributed by atoms with E-state index in [1.54, 1.807) is 0 Å². The summed E-state index contributed by atoms with van der Waals surface area (Å²) in [6.45, 7) is 2.60. The predicted molar refractivity (Wildman–Crippen MR) is 67.6 cm³/mol. The van der Waals surface area contributed by atoms with Crippen molar-refractivity contribution in [3.8, 4) is 0 Å². The Kier molecular flexibility index (Phi) is 3.49. The SMILES string of the molecule is C1CCC(CN(C2CCCC2)C2CC2)NC1. The van der Waals surface area contributed by atoms with Crippen LogP contribution in [-0.4, -0.2) is 36.1 Å². The molecule has 0 amide bonds. The van der Waals surface area contributed by atoms with Gasteiger partial charge in [-0.1, -0.05) is 19.3 Å². The molecule has 1 unspecified atom stereocenters. The topological polar surface area (TPSA) is 15.3 Å². The first-order chi connectivity index (χ1) is 7.93. The fraction of sp³-hybridized carbons (Fsp3) is 1.00. The molecule has 3 fully saturated rings. The van der Waals surface area contributed by atoms with E-state index in [1.807, 2.05) is 0 Å².